The van der Waals surface area contributed by atoms with Crippen molar-refractivity contribution in [2.75, 3.05) is 0 Å². The van der Waals surface area contributed by atoms with Gasteiger partial charge in [-0.25, -0.2) is 0 Å². The molecule has 5 aliphatic carbocycles. The number of rotatable bonds is 0. The summed E-state index contributed by atoms with van der Waals surface area (Å²) >= 11 is 0. The SMILES string of the molecule is CC1=C[C@@H]2[C@@H]3Cc4ccc(cc4)CCc4ccc3c(c4)[S@@](=O)[C@@H]2C=C1. The zero-order chi connectivity index (χ0) is 17.0. The van der Waals surface area contributed by atoms with E-state index in [1.54, 1.807) is 0 Å². The molecule has 6 bridgehead atoms. The Labute approximate surface area is 151 Å². The first kappa shape index (κ1) is 15.3. The molecule has 4 atom stereocenters. The summed E-state index contributed by atoms with van der Waals surface area (Å²) in [4.78, 5) is 1.08. The number of fused-ring (bicyclic) bond motifs is 1. The first-order valence-electron chi connectivity index (χ1n) is 9.17. The zero-order valence-corrected chi connectivity index (χ0v) is 15.3. The van der Waals surface area contributed by atoms with E-state index in [4.69, 9.17) is 0 Å². The Morgan fingerprint density at radius 3 is 2.52 bits per heavy atom. The van der Waals surface area contributed by atoms with Crippen LogP contribution >= 0.6 is 0 Å². The van der Waals surface area contributed by atoms with Gasteiger partial charge in [-0.2, -0.15) is 0 Å². The van der Waals surface area contributed by atoms with Crippen molar-refractivity contribution in [3.8, 4) is 0 Å². The summed E-state index contributed by atoms with van der Waals surface area (Å²) in [5.41, 5.74) is 6.67. The van der Waals surface area contributed by atoms with E-state index in [2.05, 4.69) is 67.6 Å². The second-order valence-corrected chi connectivity index (χ2v) is 9.19. The summed E-state index contributed by atoms with van der Waals surface area (Å²) in [7, 11) is -0.954. The van der Waals surface area contributed by atoms with Crippen LogP contribution in [0.2, 0.25) is 0 Å². The summed E-state index contributed by atoms with van der Waals surface area (Å²) in [6, 6.07) is 15.9. The maximum Gasteiger partial charge on any atom is 0.0646 e. The lowest BCUT2D eigenvalue weighted by Gasteiger charge is -2.38. The zero-order valence-electron chi connectivity index (χ0n) is 14.4. The van der Waals surface area contributed by atoms with Crippen molar-refractivity contribution in [2.45, 2.75) is 42.2 Å². The van der Waals surface area contributed by atoms with Gasteiger partial charge in [-0.15, -0.1) is 0 Å². The van der Waals surface area contributed by atoms with Gasteiger partial charge in [0.15, 0.2) is 0 Å². The normalized spacial score (nSPS) is 29.6. The van der Waals surface area contributed by atoms with Crippen molar-refractivity contribution in [3.63, 3.8) is 0 Å². The maximum absolute atomic E-state index is 13.3. The molecule has 2 aromatic carbocycles. The molecule has 25 heavy (non-hydrogen) atoms. The van der Waals surface area contributed by atoms with Gasteiger partial charge >= 0.3 is 0 Å². The number of allylic oxidation sites excluding steroid dienone is 3. The van der Waals surface area contributed by atoms with E-state index in [9.17, 15) is 4.21 Å². The van der Waals surface area contributed by atoms with Crippen LogP contribution in [-0.2, 0) is 30.1 Å². The molecule has 1 nitrogen and oxygen atoms in total. The molecule has 2 aromatic rings. The fraction of sp³-hybridized carbons (Fsp3) is 0.304. The summed E-state index contributed by atoms with van der Waals surface area (Å²) < 4.78 is 13.3. The van der Waals surface area contributed by atoms with E-state index in [-0.39, 0.29) is 5.25 Å². The molecule has 2 heteroatoms. The maximum atomic E-state index is 13.3. The van der Waals surface area contributed by atoms with E-state index in [1.165, 1.54) is 27.8 Å². The molecule has 0 radical (unpaired) electrons. The predicted octanol–water partition coefficient (Wildman–Crippen LogP) is 4.73. The minimum Gasteiger partial charge on any atom is -0.254 e. The second-order valence-electron chi connectivity index (χ2n) is 7.61. The highest BCUT2D eigenvalue weighted by Gasteiger charge is 2.40. The van der Waals surface area contributed by atoms with Gasteiger partial charge in [0.05, 0.1) is 16.0 Å². The predicted molar refractivity (Wildman–Crippen MR) is 103 cm³/mol. The fourth-order valence-corrected chi connectivity index (χ4v) is 6.37. The minimum atomic E-state index is -0.954. The van der Waals surface area contributed by atoms with Crippen molar-refractivity contribution < 1.29 is 4.21 Å². The second kappa shape index (κ2) is 5.81. The van der Waals surface area contributed by atoms with E-state index in [0.29, 0.717) is 11.8 Å². The highest BCUT2D eigenvalue weighted by atomic mass is 32.2. The Kier molecular flexibility index (Phi) is 3.56. The van der Waals surface area contributed by atoms with E-state index < -0.39 is 10.8 Å². The molecule has 0 amide bonds. The van der Waals surface area contributed by atoms with Crippen LogP contribution in [0.1, 0.15) is 35.1 Å². The third kappa shape index (κ3) is 2.55. The van der Waals surface area contributed by atoms with Gasteiger partial charge in [0.2, 0.25) is 0 Å². The number of hydrogen-bond donors (Lipinski definition) is 0. The third-order valence-corrected chi connectivity index (χ3v) is 7.72. The van der Waals surface area contributed by atoms with Gasteiger partial charge in [-0.1, -0.05) is 60.2 Å². The van der Waals surface area contributed by atoms with E-state index in [0.717, 1.165) is 24.2 Å². The highest BCUT2D eigenvalue weighted by molar-refractivity contribution is 7.86. The average Bonchev–Trinajstić information content (AvgIpc) is 2.62. The fourth-order valence-electron chi connectivity index (χ4n) is 4.59. The van der Waals surface area contributed by atoms with Crippen LogP contribution in [0.25, 0.3) is 0 Å². The van der Waals surface area contributed by atoms with Gasteiger partial charge in [0.25, 0.3) is 0 Å². The quantitative estimate of drug-likeness (QED) is 0.674. The molecule has 0 spiro atoms. The first-order chi connectivity index (χ1) is 12.2. The van der Waals surface area contributed by atoms with Crippen molar-refractivity contribution in [3.05, 3.63) is 88.5 Å². The molecule has 126 valence electrons. The van der Waals surface area contributed by atoms with Crippen molar-refractivity contribution in [2.24, 2.45) is 5.92 Å². The lowest BCUT2D eigenvalue weighted by molar-refractivity contribution is 0.482. The van der Waals surface area contributed by atoms with Crippen LogP contribution in [0.5, 0.6) is 0 Å². The van der Waals surface area contributed by atoms with Gasteiger partial charge in [-0.3, -0.25) is 4.21 Å². The highest BCUT2D eigenvalue weighted by Crippen LogP contribution is 2.45. The first-order valence-corrected chi connectivity index (χ1v) is 10.4. The molecular weight excluding hydrogens is 324 g/mol. The smallest absolute Gasteiger partial charge is 0.0646 e. The van der Waals surface area contributed by atoms with Gasteiger partial charge in [-0.05, 0) is 60.4 Å². The molecule has 0 saturated heterocycles. The third-order valence-electron chi connectivity index (χ3n) is 5.97. The standard InChI is InChI=1S/C23H22OS/c1-15-2-11-22-21(12-15)20-13-17-6-3-16(4-7-17)5-8-18-9-10-19(20)23(14-18)25(22)24/h2-4,6-7,9-12,14,20-22H,5,8,13H2,1H3/t20-,21-,22-,25+/m1/s1. The number of hydrogen-bond acceptors (Lipinski definition) is 1. The van der Waals surface area contributed by atoms with Crippen molar-refractivity contribution >= 4 is 10.8 Å². The Balaban J connectivity index is 1.72. The molecule has 0 saturated carbocycles. The summed E-state index contributed by atoms with van der Waals surface area (Å²) in [6.07, 6.45) is 9.75. The number of aryl methyl sites for hydroxylation is 2. The molecule has 0 aromatic heterocycles. The lowest BCUT2D eigenvalue weighted by atomic mass is 9.76. The summed E-state index contributed by atoms with van der Waals surface area (Å²) in [5, 5.41) is 0.110. The van der Waals surface area contributed by atoms with Gasteiger partial charge < -0.3 is 0 Å². The largest absolute Gasteiger partial charge is 0.254 e. The van der Waals surface area contributed by atoms with Crippen molar-refractivity contribution in [1.82, 2.24) is 0 Å². The van der Waals surface area contributed by atoms with Crippen LogP contribution < -0.4 is 0 Å². The molecular formula is C23H22OS. The van der Waals surface area contributed by atoms with Crippen molar-refractivity contribution in [1.29, 1.82) is 0 Å². The molecule has 0 fully saturated rings. The molecule has 8 rings (SSSR count). The number of benzene rings is 2. The Morgan fingerprint density at radius 2 is 1.68 bits per heavy atom. The Morgan fingerprint density at radius 1 is 0.960 bits per heavy atom. The minimum absolute atomic E-state index is 0.110. The van der Waals surface area contributed by atoms with Crippen LogP contribution in [0, 0.1) is 5.92 Å². The molecule has 1 heterocycles. The Bertz CT molecular complexity index is 920. The monoisotopic (exact) mass is 346 g/mol. The molecule has 0 unspecified atom stereocenters. The molecule has 1 aliphatic heterocycles. The summed E-state index contributed by atoms with van der Waals surface area (Å²) in [5.74, 6) is 0.726. The average molecular weight is 346 g/mol. The van der Waals surface area contributed by atoms with Gasteiger partial charge in [0, 0.05) is 10.8 Å². The molecule has 0 N–H and O–H groups in total. The van der Waals surface area contributed by atoms with E-state index in [1.807, 2.05) is 0 Å². The van der Waals surface area contributed by atoms with Crippen LogP contribution in [0.3, 0.4) is 0 Å². The lowest BCUT2D eigenvalue weighted by Crippen LogP contribution is -2.36. The summed E-state index contributed by atoms with van der Waals surface area (Å²) in [6.45, 7) is 2.15. The van der Waals surface area contributed by atoms with Gasteiger partial charge in [0.1, 0.15) is 0 Å². The molecule has 6 aliphatic rings. The van der Waals surface area contributed by atoms with Crippen LogP contribution in [0.4, 0.5) is 0 Å². The van der Waals surface area contributed by atoms with Crippen LogP contribution in [0.15, 0.2) is 71.2 Å². The topological polar surface area (TPSA) is 17.1 Å². The van der Waals surface area contributed by atoms with Crippen LogP contribution in [-0.4, -0.2) is 9.46 Å². The van der Waals surface area contributed by atoms with E-state index >= 15 is 0 Å². The Hall–Kier alpha value is -1.93.